The maximum atomic E-state index is 13.1. The predicted molar refractivity (Wildman–Crippen MR) is 236 cm³/mol. The molecule has 3 N–H and O–H groups in total. The number of hydrogen-bond donors (Lipinski definition) is 3. The molecule has 0 aromatic heterocycles. The first kappa shape index (κ1) is 53.3. The zero-order valence-corrected chi connectivity index (χ0v) is 36.8. The maximum Gasteiger partial charge on any atom is 0.306 e. The molecule has 0 aliphatic carbocycles. The minimum atomic E-state index is -0.787. The molecule has 0 saturated carbocycles. The van der Waals surface area contributed by atoms with Crippen LogP contribution in [0.25, 0.3) is 0 Å². The van der Waals surface area contributed by atoms with Gasteiger partial charge in [0.25, 0.3) is 0 Å². The molecule has 0 fully saturated rings. The molecule has 0 radical (unpaired) electrons. The summed E-state index contributed by atoms with van der Waals surface area (Å²) in [6.07, 6.45) is 48.1. The van der Waals surface area contributed by atoms with Gasteiger partial charge in [0.1, 0.15) is 6.10 Å². The Hall–Kier alpha value is -1.66. The molecule has 0 spiro atoms. The monoisotopic (exact) mass is 776 g/mol. The molecule has 0 aromatic rings. The Morgan fingerprint density at radius 3 is 1.31 bits per heavy atom. The second-order valence-corrected chi connectivity index (χ2v) is 16.5. The third-order valence-corrected chi connectivity index (χ3v) is 11.0. The van der Waals surface area contributed by atoms with Crippen LogP contribution in [0.15, 0.2) is 24.3 Å². The molecule has 55 heavy (non-hydrogen) atoms. The van der Waals surface area contributed by atoms with Crippen molar-refractivity contribution >= 4 is 11.9 Å². The van der Waals surface area contributed by atoms with Crippen molar-refractivity contribution in [3.05, 3.63) is 24.3 Å². The molecular formula is C49H93NO5. The predicted octanol–water partition coefficient (Wildman–Crippen LogP) is 14.0. The van der Waals surface area contributed by atoms with Gasteiger partial charge in [-0.2, -0.15) is 0 Å². The van der Waals surface area contributed by atoms with E-state index in [0.717, 1.165) is 70.6 Å². The number of aliphatic hydroxyl groups excluding tert-OH is 2. The second-order valence-electron chi connectivity index (χ2n) is 16.5. The van der Waals surface area contributed by atoms with Crippen LogP contribution in [-0.2, 0) is 14.3 Å². The van der Waals surface area contributed by atoms with Gasteiger partial charge in [-0.15, -0.1) is 0 Å². The van der Waals surface area contributed by atoms with Crippen LogP contribution in [0.5, 0.6) is 0 Å². The van der Waals surface area contributed by atoms with Crippen molar-refractivity contribution in [1.29, 1.82) is 0 Å². The lowest BCUT2D eigenvalue weighted by Crippen LogP contribution is -2.46. The zero-order valence-electron chi connectivity index (χ0n) is 36.8. The van der Waals surface area contributed by atoms with Crippen molar-refractivity contribution < 1.29 is 24.5 Å². The summed E-state index contributed by atoms with van der Waals surface area (Å²) in [4.78, 5) is 26.0. The molecule has 6 nitrogen and oxygen atoms in total. The van der Waals surface area contributed by atoms with Crippen LogP contribution < -0.4 is 5.32 Å². The van der Waals surface area contributed by atoms with Crippen LogP contribution >= 0.6 is 0 Å². The fourth-order valence-corrected chi connectivity index (χ4v) is 7.30. The number of hydrogen-bond acceptors (Lipinski definition) is 5. The van der Waals surface area contributed by atoms with Crippen molar-refractivity contribution in [3.8, 4) is 0 Å². The molecule has 324 valence electrons. The zero-order chi connectivity index (χ0) is 40.3. The molecule has 0 aliphatic heterocycles. The Morgan fingerprint density at radius 2 is 0.873 bits per heavy atom. The van der Waals surface area contributed by atoms with Crippen molar-refractivity contribution in [2.45, 2.75) is 270 Å². The van der Waals surface area contributed by atoms with E-state index < -0.39 is 18.2 Å². The van der Waals surface area contributed by atoms with Gasteiger partial charge in [0.2, 0.25) is 5.91 Å². The van der Waals surface area contributed by atoms with Gasteiger partial charge >= 0.3 is 5.97 Å². The van der Waals surface area contributed by atoms with Crippen LogP contribution in [0.4, 0.5) is 0 Å². The van der Waals surface area contributed by atoms with E-state index in [1.165, 1.54) is 135 Å². The van der Waals surface area contributed by atoms with E-state index in [1.807, 2.05) is 0 Å². The number of carbonyl (C=O) groups excluding carboxylic acids is 2. The van der Waals surface area contributed by atoms with Crippen LogP contribution in [0.2, 0.25) is 0 Å². The average molecular weight is 776 g/mol. The first-order valence-electron chi connectivity index (χ1n) is 24.1. The molecule has 0 heterocycles. The Kier molecular flexibility index (Phi) is 42.2. The van der Waals surface area contributed by atoms with E-state index >= 15 is 0 Å². The number of allylic oxidation sites excluding steroid dienone is 4. The number of esters is 1. The molecule has 0 rings (SSSR count). The van der Waals surface area contributed by atoms with Crippen molar-refractivity contribution in [1.82, 2.24) is 5.32 Å². The van der Waals surface area contributed by atoms with Crippen LogP contribution in [0, 0.1) is 0 Å². The van der Waals surface area contributed by atoms with Crippen LogP contribution in [-0.4, -0.2) is 46.9 Å². The molecule has 6 heteroatoms. The van der Waals surface area contributed by atoms with Gasteiger partial charge in [0, 0.05) is 6.42 Å². The summed E-state index contributed by atoms with van der Waals surface area (Å²) in [6.45, 7) is 6.44. The number of carbonyl (C=O) groups is 2. The summed E-state index contributed by atoms with van der Waals surface area (Å²) in [6, 6.07) is -0.701. The third-order valence-electron chi connectivity index (χ3n) is 11.0. The molecule has 0 saturated heterocycles. The van der Waals surface area contributed by atoms with E-state index in [0.29, 0.717) is 19.3 Å². The number of nitrogens with one attached hydrogen (secondary N) is 1. The number of rotatable bonds is 43. The van der Waals surface area contributed by atoms with E-state index in [-0.39, 0.29) is 24.9 Å². The Morgan fingerprint density at radius 1 is 0.509 bits per heavy atom. The van der Waals surface area contributed by atoms with Crippen molar-refractivity contribution in [2.24, 2.45) is 0 Å². The maximum absolute atomic E-state index is 13.1. The van der Waals surface area contributed by atoms with Crippen LogP contribution in [0.3, 0.4) is 0 Å². The Balaban J connectivity index is 4.61. The smallest absolute Gasteiger partial charge is 0.306 e. The first-order chi connectivity index (χ1) is 27.0. The topological polar surface area (TPSA) is 95.9 Å². The Labute approximate surface area is 341 Å². The first-order valence-corrected chi connectivity index (χ1v) is 24.1. The molecule has 0 bridgehead atoms. The summed E-state index contributed by atoms with van der Waals surface area (Å²) in [5.41, 5.74) is 0. The molecule has 0 aromatic carbocycles. The van der Waals surface area contributed by atoms with Gasteiger partial charge in [0.15, 0.2) is 0 Å². The fourth-order valence-electron chi connectivity index (χ4n) is 7.30. The number of aliphatic hydroxyl groups is 2. The lowest BCUT2D eigenvalue weighted by Gasteiger charge is -2.24. The number of ether oxygens (including phenoxy) is 1. The standard InChI is InChI=1S/C49H93NO5/c1-4-7-10-13-16-19-21-23-25-27-30-33-36-39-42-49(54)55-45(40-37-34-31-29-26-24-22-20-17-14-11-8-5-2)43-48(53)50-46(44-51)47(52)41-38-35-32-28-18-15-12-9-6-3/h20,22,25,27,45-47,51-52H,4-19,21,23-24,26,28-44H2,1-3H3,(H,50,53)/b22-20-,27-25-. The van der Waals surface area contributed by atoms with Gasteiger partial charge in [-0.3, -0.25) is 9.59 Å². The molecule has 3 unspecified atom stereocenters. The summed E-state index contributed by atoms with van der Waals surface area (Å²) >= 11 is 0. The molecular weight excluding hydrogens is 683 g/mol. The fraction of sp³-hybridized carbons (Fsp3) is 0.878. The van der Waals surface area contributed by atoms with E-state index in [4.69, 9.17) is 4.74 Å². The largest absolute Gasteiger partial charge is 0.462 e. The Bertz CT molecular complexity index is 873. The average Bonchev–Trinajstić information content (AvgIpc) is 3.18. The number of amides is 1. The van der Waals surface area contributed by atoms with Gasteiger partial charge in [-0.05, 0) is 77.0 Å². The van der Waals surface area contributed by atoms with E-state index in [9.17, 15) is 19.8 Å². The molecule has 1 amide bonds. The normalized spacial score (nSPS) is 13.5. The summed E-state index contributed by atoms with van der Waals surface area (Å²) in [7, 11) is 0. The molecule has 0 aliphatic rings. The van der Waals surface area contributed by atoms with E-state index in [1.54, 1.807) is 0 Å². The van der Waals surface area contributed by atoms with Crippen LogP contribution in [0.1, 0.15) is 252 Å². The second kappa shape index (κ2) is 43.5. The lowest BCUT2D eigenvalue weighted by molar-refractivity contribution is -0.151. The van der Waals surface area contributed by atoms with Gasteiger partial charge in [-0.1, -0.05) is 186 Å². The van der Waals surface area contributed by atoms with E-state index in [2.05, 4.69) is 50.4 Å². The van der Waals surface area contributed by atoms with Crippen molar-refractivity contribution in [2.75, 3.05) is 6.61 Å². The number of unbranched alkanes of at least 4 members (excludes halogenated alkanes) is 27. The highest BCUT2D eigenvalue weighted by Gasteiger charge is 2.24. The van der Waals surface area contributed by atoms with Gasteiger partial charge < -0.3 is 20.3 Å². The quantitative estimate of drug-likeness (QED) is 0.0326. The SMILES string of the molecule is CCCCCC/C=C\CCCCCCCC(CC(=O)NC(CO)C(O)CCCCCCCCCCC)OC(=O)CCCCC/C=C\CCCCCCCCC. The third kappa shape index (κ3) is 39.0. The minimum absolute atomic E-state index is 0.0690. The highest BCUT2D eigenvalue weighted by Crippen LogP contribution is 2.17. The summed E-state index contributed by atoms with van der Waals surface area (Å²) < 4.78 is 5.90. The van der Waals surface area contributed by atoms with Gasteiger partial charge in [0.05, 0.1) is 25.2 Å². The lowest BCUT2D eigenvalue weighted by atomic mass is 10.0. The molecule has 3 atom stereocenters. The van der Waals surface area contributed by atoms with Gasteiger partial charge in [-0.25, -0.2) is 0 Å². The van der Waals surface area contributed by atoms with Crippen molar-refractivity contribution in [3.63, 3.8) is 0 Å². The summed E-state index contributed by atoms with van der Waals surface area (Å²) in [5.74, 6) is -0.495. The highest BCUT2D eigenvalue weighted by molar-refractivity contribution is 5.77. The summed E-state index contributed by atoms with van der Waals surface area (Å²) in [5, 5.41) is 23.6. The minimum Gasteiger partial charge on any atom is -0.462 e. The highest BCUT2D eigenvalue weighted by atomic mass is 16.5.